The Labute approximate surface area is 181 Å². The first kappa shape index (κ1) is 22.4. The molecule has 2 bridgehead atoms. The third kappa shape index (κ3) is 5.45. The molecule has 3 saturated carbocycles. The zero-order valence-corrected chi connectivity index (χ0v) is 18.6. The maximum absolute atomic E-state index is 12.3. The van der Waals surface area contributed by atoms with Crippen molar-refractivity contribution in [2.75, 3.05) is 6.61 Å². The van der Waals surface area contributed by atoms with Crippen molar-refractivity contribution >= 4 is 29.4 Å². The summed E-state index contributed by atoms with van der Waals surface area (Å²) in [6.45, 7) is 7.02. The van der Waals surface area contributed by atoms with Crippen molar-refractivity contribution in [2.24, 2.45) is 5.92 Å². The number of amides is 2. The first-order valence-corrected chi connectivity index (χ1v) is 10.5. The van der Waals surface area contributed by atoms with E-state index in [2.05, 4.69) is 10.6 Å². The fourth-order valence-corrected chi connectivity index (χ4v) is 4.30. The predicted octanol–water partition coefficient (Wildman–Crippen LogP) is 2.99. The van der Waals surface area contributed by atoms with Gasteiger partial charge in [-0.1, -0.05) is 18.5 Å². The molecular weight excluding hydrogens is 408 g/mol. The quantitative estimate of drug-likeness (QED) is 0.611. The fraction of sp³-hybridized carbons (Fsp3) is 0.591. The van der Waals surface area contributed by atoms with Gasteiger partial charge in [-0.05, 0) is 64.3 Å². The molecule has 0 aliphatic heterocycles. The van der Waals surface area contributed by atoms with Crippen LogP contribution in [-0.4, -0.2) is 41.1 Å². The van der Waals surface area contributed by atoms with Gasteiger partial charge in [0.25, 0.3) is 5.91 Å². The van der Waals surface area contributed by atoms with E-state index in [4.69, 9.17) is 21.1 Å². The summed E-state index contributed by atoms with van der Waals surface area (Å²) in [4.78, 5) is 36.5. The van der Waals surface area contributed by atoms with Crippen LogP contribution in [0.15, 0.2) is 24.3 Å². The van der Waals surface area contributed by atoms with Gasteiger partial charge >= 0.3 is 5.97 Å². The molecule has 2 N–H and O–H groups in total. The molecule has 8 heteroatoms. The number of nitrogens with one attached hydrogen (secondary N) is 2. The van der Waals surface area contributed by atoms with E-state index in [1.165, 1.54) is 0 Å². The van der Waals surface area contributed by atoms with Gasteiger partial charge in [-0.2, -0.15) is 0 Å². The molecule has 30 heavy (non-hydrogen) atoms. The summed E-state index contributed by atoms with van der Waals surface area (Å²) in [7, 11) is 0. The van der Waals surface area contributed by atoms with Crippen molar-refractivity contribution in [2.45, 2.75) is 70.1 Å². The minimum absolute atomic E-state index is 0.0733. The van der Waals surface area contributed by atoms with Crippen LogP contribution in [0.25, 0.3) is 0 Å². The molecular formula is C22H29ClN2O5. The molecule has 3 aliphatic rings. The Morgan fingerprint density at radius 2 is 1.57 bits per heavy atom. The average molecular weight is 437 g/mol. The highest BCUT2D eigenvalue weighted by Crippen LogP contribution is 2.60. The van der Waals surface area contributed by atoms with E-state index in [9.17, 15) is 14.4 Å². The van der Waals surface area contributed by atoms with Gasteiger partial charge in [-0.15, -0.1) is 0 Å². The van der Waals surface area contributed by atoms with Gasteiger partial charge in [0, 0.05) is 22.5 Å². The van der Waals surface area contributed by atoms with E-state index in [1.54, 1.807) is 52.0 Å². The number of rotatable bonds is 8. The second kappa shape index (κ2) is 8.10. The summed E-state index contributed by atoms with van der Waals surface area (Å²) in [6, 6.07) is 6.82. The molecule has 0 radical (unpaired) electrons. The zero-order chi connectivity index (χ0) is 22.2. The Bertz CT molecular complexity index is 811. The van der Waals surface area contributed by atoms with E-state index in [0.29, 0.717) is 30.0 Å². The van der Waals surface area contributed by atoms with Gasteiger partial charge in [0.05, 0.1) is 5.92 Å². The number of hydrogen-bond donors (Lipinski definition) is 2. The summed E-state index contributed by atoms with van der Waals surface area (Å²) >= 11 is 5.82. The lowest BCUT2D eigenvalue weighted by atomic mass is 9.44. The summed E-state index contributed by atoms with van der Waals surface area (Å²) in [5.74, 6) is -0.660. The monoisotopic (exact) mass is 436 g/mol. The van der Waals surface area contributed by atoms with Gasteiger partial charge in [0.15, 0.2) is 6.61 Å². The highest BCUT2D eigenvalue weighted by molar-refractivity contribution is 6.30. The molecule has 0 saturated heterocycles. The second-order valence-corrected chi connectivity index (χ2v) is 10.0. The minimum atomic E-state index is -0.572. The lowest BCUT2D eigenvalue weighted by molar-refractivity contribution is -0.162. The Morgan fingerprint density at radius 3 is 2.10 bits per heavy atom. The largest absolute Gasteiger partial charge is 0.484 e. The SMILES string of the molecule is CC(CC(=O)NC12CC(NC(=O)COc3ccc(Cl)cc3)(C1)C2)C(=O)OC(C)(C)C. The topological polar surface area (TPSA) is 93.7 Å². The molecule has 1 atom stereocenters. The van der Waals surface area contributed by atoms with Crippen molar-refractivity contribution in [3.8, 4) is 5.75 Å². The van der Waals surface area contributed by atoms with Crippen LogP contribution in [-0.2, 0) is 19.1 Å². The van der Waals surface area contributed by atoms with Crippen LogP contribution in [0.1, 0.15) is 53.4 Å². The van der Waals surface area contributed by atoms with Crippen LogP contribution in [0.3, 0.4) is 0 Å². The normalized spacial score (nSPS) is 25.2. The van der Waals surface area contributed by atoms with Gasteiger partial charge in [-0.3, -0.25) is 14.4 Å². The van der Waals surface area contributed by atoms with Crippen molar-refractivity contribution in [3.63, 3.8) is 0 Å². The lowest BCUT2D eigenvalue weighted by Gasteiger charge is -2.70. The molecule has 1 unspecified atom stereocenters. The number of carbonyl (C=O) groups is 3. The number of carbonyl (C=O) groups excluding carboxylic acids is 3. The molecule has 7 nitrogen and oxygen atoms in total. The van der Waals surface area contributed by atoms with E-state index >= 15 is 0 Å². The Kier molecular flexibility index (Phi) is 6.05. The van der Waals surface area contributed by atoms with Gasteiger partial charge < -0.3 is 20.1 Å². The number of ether oxygens (including phenoxy) is 2. The Hall–Kier alpha value is -2.28. The first-order valence-electron chi connectivity index (χ1n) is 10.1. The molecule has 1 aromatic rings. The minimum Gasteiger partial charge on any atom is -0.484 e. The molecule has 1 aromatic carbocycles. The van der Waals surface area contributed by atoms with Crippen LogP contribution in [0, 0.1) is 5.92 Å². The van der Waals surface area contributed by atoms with Crippen molar-refractivity contribution < 1.29 is 23.9 Å². The van der Waals surface area contributed by atoms with Crippen LogP contribution >= 0.6 is 11.6 Å². The molecule has 0 spiro atoms. The molecule has 3 aliphatic carbocycles. The maximum atomic E-state index is 12.3. The molecule has 164 valence electrons. The van der Waals surface area contributed by atoms with Crippen molar-refractivity contribution in [1.82, 2.24) is 10.6 Å². The van der Waals surface area contributed by atoms with E-state index in [1.807, 2.05) is 0 Å². The molecule has 2 amide bonds. The molecule has 4 rings (SSSR count). The smallest absolute Gasteiger partial charge is 0.309 e. The molecule has 3 fully saturated rings. The maximum Gasteiger partial charge on any atom is 0.309 e. The number of esters is 1. The Morgan fingerprint density at radius 1 is 1.03 bits per heavy atom. The third-order valence-corrected chi connectivity index (χ3v) is 5.58. The van der Waals surface area contributed by atoms with E-state index in [0.717, 1.165) is 0 Å². The van der Waals surface area contributed by atoms with Crippen LogP contribution in [0.2, 0.25) is 5.02 Å². The average Bonchev–Trinajstić information content (AvgIpc) is 2.56. The van der Waals surface area contributed by atoms with Crippen molar-refractivity contribution in [3.05, 3.63) is 29.3 Å². The van der Waals surface area contributed by atoms with Crippen LogP contribution in [0.5, 0.6) is 5.75 Å². The Balaban J connectivity index is 1.37. The lowest BCUT2D eigenvalue weighted by Crippen LogP contribution is -2.84. The summed E-state index contributed by atoms with van der Waals surface area (Å²) < 4.78 is 10.8. The summed E-state index contributed by atoms with van der Waals surface area (Å²) in [6.07, 6.45) is 2.17. The number of halogens is 1. The van der Waals surface area contributed by atoms with E-state index in [-0.39, 0.29) is 41.9 Å². The van der Waals surface area contributed by atoms with Gasteiger partial charge in [-0.25, -0.2) is 0 Å². The molecule has 0 aromatic heterocycles. The summed E-state index contributed by atoms with van der Waals surface area (Å²) in [5, 5.41) is 6.64. The standard InChI is InChI=1S/C22H29ClN2O5/c1-14(19(28)30-20(2,3)4)9-17(26)24-21-11-22(12-21,13-21)25-18(27)10-29-16-7-5-15(23)6-8-16/h5-8,14H,9-13H2,1-4H3,(H,24,26)(H,25,27). The summed E-state index contributed by atoms with van der Waals surface area (Å²) in [5.41, 5.74) is -1.10. The highest BCUT2D eigenvalue weighted by atomic mass is 35.5. The van der Waals surface area contributed by atoms with Crippen LogP contribution in [0.4, 0.5) is 0 Å². The predicted molar refractivity (Wildman–Crippen MR) is 112 cm³/mol. The second-order valence-electron chi connectivity index (χ2n) is 9.57. The highest BCUT2D eigenvalue weighted by Gasteiger charge is 2.69. The fourth-order valence-electron chi connectivity index (χ4n) is 4.18. The van der Waals surface area contributed by atoms with E-state index < -0.39 is 11.5 Å². The van der Waals surface area contributed by atoms with Crippen LogP contribution < -0.4 is 15.4 Å². The third-order valence-electron chi connectivity index (χ3n) is 5.32. The number of benzene rings is 1. The number of hydrogen-bond acceptors (Lipinski definition) is 5. The van der Waals surface area contributed by atoms with Gasteiger partial charge in [0.2, 0.25) is 5.91 Å². The first-order chi connectivity index (χ1) is 13.9. The van der Waals surface area contributed by atoms with Crippen molar-refractivity contribution in [1.29, 1.82) is 0 Å². The van der Waals surface area contributed by atoms with Gasteiger partial charge in [0.1, 0.15) is 11.4 Å². The molecule has 0 heterocycles. The zero-order valence-electron chi connectivity index (χ0n) is 17.8.